The van der Waals surface area contributed by atoms with Gasteiger partial charge in [0.15, 0.2) is 6.29 Å². The summed E-state index contributed by atoms with van der Waals surface area (Å²) in [6, 6.07) is 4.58. The smallest absolute Gasteiger partial charge is 0.374 e. The van der Waals surface area contributed by atoms with Crippen LogP contribution in [0, 0.1) is 13.8 Å². The Balaban J connectivity index is 2.54. The molecule has 0 radical (unpaired) electrons. The monoisotopic (exact) mass is 271 g/mol. The number of oxime groups is 1. The molecule has 102 valence electrons. The first-order chi connectivity index (χ1) is 8.78. The van der Waals surface area contributed by atoms with E-state index in [2.05, 4.69) is 9.99 Å². The molecular weight excluding hydrogens is 259 g/mol. The number of nitrogens with zero attached hydrogens (tertiary/aromatic N) is 1. The van der Waals surface area contributed by atoms with Crippen LogP contribution in [-0.2, 0) is 15.2 Å². The average Bonchev–Trinajstić information content (AvgIpc) is 2.72. The molecule has 0 aliphatic carbocycles. The van der Waals surface area contributed by atoms with Gasteiger partial charge in [0.2, 0.25) is 0 Å². The summed E-state index contributed by atoms with van der Waals surface area (Å²) >= 11 is 0. The molecule has 2 rings (SSSR count). The van der Waals surface area contributed by atoms with Gasteiger partial charge in [-0.15, -0.1) is 0 Å². The number of aryl methyl sites for hydroxylation is 2. The molecule has 1 unspecified atom stereocenters. The highest BCUT2D eigenvalue weighted by Gasteiger charge is 2.62. The number of alkyl halides is 3. The van der Waals surface area contributed by atoms with E-state index in [9.17, 15) is 18.0 Å². The summed E-state index contributed by atoms with van der Waals surface area (Å²) in [6.07, 6.45) is -4.96. The molecular formula is C13H12F3NO2. The topological polar surface area (TPSA) is 38.7 Å². The second-order valence-electron chi connectivity index (χ2n) is 4.67. The van der Waals surface area contributed by atoms with Crippen LogP contribution in [0.1, 0.15) is 23.1 Å². The lowest BCUT2D eigenvalue weighted by Gasteiger charge is -2.29. The van der Waals surface area contributed by atoms with Gasteiger partial charge >= 0.3 is 6.18 Å². The molecule has 0 amide bonds. The maximum Gasteiger partial charge on any atom is 0.435 e. The van der Waals surface area contributed by atoms with Crippen molar-refractivity contribution in [3.05, 3.63) is 34.9 Å². The van der Waals surface area contributed by atoms with Crippen LogP contribution in [0.4, 0.5) is 13.2 Å². The highest BCUT2D eigenvalue weighted by molar-refractivity contribution is 6.28. The Morgan fingerprint density at radius 1 is 1.26 bits per heavy atom. The van der Waals surface area contributed by atoms with Crippen molar-refractivity contribution in [1.82, 2.24) is 0 Å². The second-order valence-corrected chi connectivity index (χ2v) is 4.67. The lowest BCUT2D eigenvalue weighted by atomic mass is 9.86. The van der Waals surface area contributed by atoms with Crippen molar-refractivity contribution in [2.45, 2.75) is 32.0 Å². The third kappa shape index (κ3) is 2.22. The largest absolute Gasteiger partial charge is 0.435 e. The van der Waals surface area contributed by atoms with Gasteiger partial charge in [-0.1, -0.05) is 34.5 Å². The van der Waals surface area contributed by atoms with E-state index < -0.39 is 18.2 Å². The Hall–Kier alpha value is -1.85. The highest BCUT2D eigenvalue weighted by Crippen LogP contribution is 2.48. The van der Waals surface area contributed by atoms with Crippen LogP contribution in [0.15, 0.2) is 23.4 Å². The van der Waals surface area contributed by atoms with Gasteiger partial charge in [-0.25, -0.2) is 0 Å². The van der Waals surface area contributed by atoms with Gasteiger partial charge in [-0.05, 0) is 13.8 Å². The van der Waals surface area contributed by atoms with Gasteiger partial charge in [-0.3, -0.25) is 4.79 Å². The van der Waals surface area contributed by atoms with Crippen molar-refractivity contribution in [3.63, 3.8) is 0 Å². The summed E-state index contributed by atoms with van der Waals surface area (Å²) in [5.41, 5.74) is -1.43. The highest BCUT2D eigenvalue weighted by atomic mass is 19.4. The van der Waals surface area contributed by atoms with Gasteiger partial charge in [-0.2, -0.15) is 13.2 Å². The summed E-state index contributed by atoms with van der Waals surface area (Å²) in [6.45, 7) is 3.41. The van der Waals surface area contributed by atoms with Crippen LogP contribution in [0.3, 0.4) is 0 Å². The Kier molecular flexibility index (Phi) is 3.12. The number of carbonyl (C=O) groups excluding carboxylic acids is 1. The normalized spacial score (nSPS) is 22.9. The molecule has 1 heterocycles. The summed E-state index contributed by atoms with van der Waals surface area (Å²) < 4.78 is 40.1. The Morgan fingerprint density at radius 2 is 1.84 bits per heavy atom. The predicted octanol–water partition coefficient (Wildman–Crippen LogP) is 3.04. The molecule has 1 atom stereocenters. The summed E-state index contributed by atoms with van der Waals surface area (Å²) in [5, 5.41) is 3.24. The zero-order chi connectivity index (χ0) is 14.3. The molecule has 0 aromatic heterocycles. The molecule has 0 saturated carbocycles. The molecule has 3 nitrogen and oxygen atoms in total. The zero-order valence-corrected chi connectivity index (χ0v) is 10.4. The number of hydrogen-bond donors (Lipinski definition) is 0. The van der Waals surface area contributed by atoms with Crippen LogP contribution in [0.25, 0.3) is 0 Å². The van der Waals surface area contributed by atoms with Crippen LogP contribution in [0.2, 0.25) is 0 Å². The number of benzene rings is 1. The molecule has 19 heavy (non-hydrogen) atoms. The molecule has 1 aromatic carbocycles. The zero-order valence-electron chi connectivity index (χ0n) is 10.4. The van der Waals surface area contributed by atoms with Gasteiger partial charge < -0.3 is 4.84 Å². The fraction of sp³-hybridized carbons (Fsp3) is 0.385. The van der Waals surface area contributed by atoms with Gasteiger partial charge in [0, 0.05) is 5.56 Å². The number of carbonyl (C=O) groups is 1. The molecule has 1 aromatic rings. The van der Waals surface area contributed by atoms with Crippen molar-refractivity contribution < 1.29 is 22.8 Å². The van der Waals surface area contributed by atoms with E-state index in [0.29, 0.717) is 11.1 Å². The molecule has 0 N–H and O–H groups in total. The summed E-state index contributed by atoms with van der Waals surface area (Å²) in [4.78, 5) is 15.2. The first-order valence-electron chi connectivity index (χ1n) is 5.64. The molecule has 0 fully saturated rings. The Morgan fingerprint density at radius 3 is 2.26 bits per heavy atom. The first kappa shape index (κ1) is 13.6. The third-order valence-electron chi connectivity index (χ3n) is 3.03. The van der Waals surface area contributed by atoms with E-state index in [1.165, 1.54) is 12.1 Å². The first-order valence-corrected chi connectivity index (χ1v) is 5.64. The standard InChI is InChI=1S/C13H12F3NO2/c1-8-3-9(2)5-10(4-8)12(13(14,15)16)6-11(7-18)17-19-12/h3-5,7H,6H2,1-2H3. The SMILES string of the molecule is Cc1cc(C)cc(C2(C(F)(F)F)CC(C=O)=NO2)c1. The second kappa shape index (κ2) is 4.36. The predicted molar refractivity (Wildman–Crippen MR) is 62.9 cm³/mol. The van der Waals surface area contributed by atoms with E-state index in [0.717, 1.165) is 0 Å². The maximum atomic E-state index is 13.4. The van der Waals surface area contributed by atoms with Crippen LogP contribution >= 0.6 is 0 Å². The molecule has 1 aliphatic rings. The van der Waals surface area contributed by atoms with E-state index in [4.69, 9.17) is 0 Å². The van der Waals surface area contributed by atoms with Crippen LogP contribution in [-0.4, -0.2) is 18.2 Å². The quantitative estimate of drug-likeness (QED) is 0.775. The van der Waals surface area contributed by atoms with Gasteiger partial charge in [0.1, 0.15) is 5.71 Å². The van der Waals surface area contributed by atoms with E-state index in [-0.39, 0.29) is 17.6 Å². The van der Waals surface area contributed by atoms with E-state index >= 15 is 0 Å². The average molecular weight is 271 g/mol. The Labute approximate surface area is 108 Å². The number of aldehydes is 1. The van der Waals surface area contributed by atoms with Crippen molar-refractivity contribution >= 4 is 12.0 Å². The van der Waals surface area contributed by atoms with Gasteiger partial charge in [0.05, 0.1) is 6.42 Å². The van der Waals surface area contributed by atoms with Crippen molar-refractivity contribution in [2.75, 3.05) is 0 Å². The summed E-state index contributed by atoms with van der Waals surface area (Å²) in [7, 11) is 0. The molecule has 0 spiro atoms. The lowest BCUT2D eigenvalue weighted by Crippen LogP contribution is -2.42. The van der Waals surface area contributed by atoms with E-state index in [1.807, 2.05) is 0 Å². The third-order valence-corrected chi connectivity index (χ3v) is 3.03. The lowest BCUT2D eigenvalue weighted by molar-refractivity contribution is -0.275. The molecule has 6 heteroatoms. The van der Waals surface area contributed by atoms with Gasteiger partial charge in [0.25, 0.3) is 5.60 Å². The van der Waals surface area contributed by atoms with Crippen molar-refractivity contribution in [2.24, 2.45) is 5.16 Å². The van der Waals surface area contributed by atoms with E-state index in [1.54, 1.807) is 19.9 Å². The molecule has 0 saturated heterocycles. The van der Waals surface area contributed by atoms with Crippen LogP contribution in [0.5, 0.6) is 0 Å². The van der Waals surface area contributed by atoms with Crippen LogP contribution < -0.4 is 0 Å². The van der Waals surface area contributed by atoms with Crippen molar-refractivity contribution in [3.8, 4) is 0 Å². The summed E-state index contributed by atoms with van der Waals surface area (Å²) in [5.74, 6) is 0. The minimum atomic E-state index is -4.65. The molecule has 1 aliphatic heterocycles. The number of hydrogen-bond acceptors (Lipinski definition) is 3. The fourth-order valence-corrected chi connectivity index (χ4v) is 2.20. The fourth-order valence-electron chi connectivity index (χ4n) is 2.20. The maximum absolute atomic E-state index is 13.4. The van der Waals surface area contributed by atoms with Crippen molar-refractivity contribution in [1.29, 1.82) is 0 Å². The minimum absolute atomic E-state index is 0.0295. The number of halogens is 3. The number of rotatable bonds is 2. The molecule has 0 bridgehead atoms. The minimum Gasteiger partial charge on any atom is -0.374 e. The Bertz CT molecular complexity index is 531.